The molecule has 0 radical (unpaired) electrons. The lowest BCUT2D eigenvalue weighted by molar-refractivity contribution is -0.130. The summed E-state index contributed by atoms with van der Waals surface area (Å²) in [4.78, 5) is 15.5. The van der Waals surface area contributed by atoms with E-state index in [1.54, 1.807) is 13.0 Å². The molecular weight excluding hydrogens is 286 g/mol. The summed E-state index contributed by atoms with van der Waals surface area (Å²) in [6, 6.07) is 3.57. The van der Waals surface area contributed by atoms with Gasteiger partial charge in [-0.15, -0.1) is 0 Å². The van der Waals surface area contributed by atoms with E-state index in [0.29, 0.717) is 16.9 Å². The Bertz CT molecular complexity index is 480. The SMILES string of the molecule is Cc1cc(NC(=O)[C@@](C)(O)CBr)cnc1C#N. The molecule has 0 aromatic carbocycles. The first kappa shape index (κ1) is 13.6. The van der Waals surface area contributed by atoms with Crippen LogP contribution in [0.1, 0.15) is 18.2 Å². The van der Waals surface area contributed by atoms with Gasteiger partial charge >= 0.3 is 0 Å². The number of rotatable bonds is 3. The fourth-order valence-electron chi connectivity index (χ4n) is 1.09. The van der Waals surface area contributed by atoms with Crippen LogP contribution in [0.4, 0.5) is 5.69 Å². The van der Waals surface area contributed by atoms with E-state index in [4.69, 9.17) is 5.26 Å². The van der Waals surface area contributed by atoms with Crippen molar-refractivity contribution in [2.24, 2.45) is 0 Å². The molecule has 1 heterocycles. The first-order valence-corrected chi connectivity index (χ1v) is 5.99. The van der Waals surface area contributed by atoms with Crippen LogP contribution in [0.15, 0.2) is 12.3 Å². The van der Waals surface area contributed by atoms with E-state index in [1.807, 2.05) is 6.07 Å². The second-order valence-electron chi connectivity index (χ2n) is 3.86. The van der Waals surface area contributed by atoms with Crippen molar-refractivity contribution in [2.45, 2.75) is 19.4 Å². The minimum Gasteiger partial charge on any atom is -0.379 e. The van der Waals surface area contributed by atoms with Gasteiger partial charge in [0, 0.05) is 5.33 Å². The number of nitriles is 1. The van der Waals surface area contributed by atoms with Gasteiger partial charge in [0.15, 0.2) is 0 Å². The van der Waals surface area contributed by atoms with Crippen LogP contribution in [-0.4, -0.2) is 26.9 Å². The molecule has 1 rings (SSSR count). The summed E-state index contributed by atoms with van der Waals surface area (Å²) < 4.78 is 0. The third-order valence-corrected chi connectivity index (χ3v) is 3.28. The number of nitrogens with one attached hydrogen (secondary N) is 1. The van der Waals surface area contributed by atoms with E-state index < -0.39 is 11.5 Å². The number of alkyl halides is 1. The maximum atomic E-state index is 11.6. The zero-order chi connectivity index (χ0) is 13.1. The van der Waals surface area contributed by atoms with Crippen molar-refractivity contribution in [2.75, 3.05) is 10.6 Å². The molecule has 1 amide bonds. The summed E-state index contributed by atoms with van der Waals surface area (Å²) in [6.07, 6.45) is 1.38. The van der Waals surface area contributed by atoms with Crippen molar-refractivity contribution in [1.29, 1.82) is 5.26 Å². The van der Waals surface area contributed by atoms with Gasteiger partial charge in [-0.1, -0.05) is 15.9 Å². The number of nitrogens with zero attached hydrogens (tertiary/aromatic N) is 2. The topological polar surface area (TPSA) is 86.0 Å². The molecule has 0 unspecified atom stereocenters. The third-order valence-electron chi connectivity index (χ3n) is 2.19. The first-order chi connectivity index (χ1) is 7.90. The minimum absolute atomic E-state index is 0.133. The number of halogens is 1. The maximum absolute atomic E-state index is 11.6. The number of hydrogen-bond donors (Lipinski definition) is 2. The van der Waals surface area contributed by atoms with Crippen LogP contribution in [-0.2, 0) is 4.79 Å². The predicted molar refractivity (Wildman–Crippen MR) is 66.7 cm³/mol. The van der Waals surface area contributed by atoms with Crippen LogP contribution >= 0.6 is 15.9 Å². The average Bonchev–Trinajstić information content (AvgIpc) is 2.29. The molecule has 0 aliphatic heterocycles. The zero-order valence-corrected chi connectivity index (χ0v) is 11.1. The summed E-state index contributed by atoms with van der Waals surface area (Å²) in [6.45, 7) is 3.13. The molecule has 1 aromatic heterocycles. The second kappa shape index (κ2) is 5.25. The largest absolute Gasteiger partial charge is 0.379 e. The Kier molecular flexibility index (Phi) is 4.21. The van der Waals surface area contributed by atoms with Crippen molar-refractivity contribution in [1.82, 2.24) is 4.98 Å². The number of pyridine rings is 1. The van der Waals surface area contributed by atoms with Gasteiger partial charge in [0.25, 0.3) is 5.91 Å². The molecule has 17 heavy (non-hydrogen) atoms. The van der Waals surface area contributed by atoms with Crippen LogP contribution < -0.4 is 5.32 Å². The monoisotopic (exact) mass is 297 g/mol. The van der Waals surface area contributed by atoms with Gasteiger partial charge < -0.3 is 10.4 Å². The maximum Gasteiger partial charge on any atom is 0.256 e. The Morgan fingerprint density at radius 1 is 1.76 bits per heavy atom. The summed E-state index contributed by atoms with van der Waals surface area (Å²) in [5.41, 5.74) is -0.0475. The van der Waals surface area contributed by atoms with E-state index in [1.165, 1.54) is 13.1 Å². The number of aliphatic hydroxyl groups is 1. The number of hydrogen-bond acceptors (Lipinski definition) is 4. The fraction of sp³-hybridized carbons (Fsp3) is 0.364. The lowest BCUT2D eigenvalue weighted by atomic mass is 10.1. The molecule has 6 heteroatoms. The Morgan fingerprint density at radius 2 is 2.41 bits per heavy atom. The van der Waals surface area contributed by atoms with Gasteiger partial charge in [-0.05, 0) is 25.5 Å². The normalized spacial score (nSPS) is 13.6. The van der Waals surface area contributed by atoms with Gasteiger partial charge in [0.2, 0.25) is 0 Å². The molecule has 90 valence electrons. The average molecular weight is 298 g/mol. The third kappa shape index (κ3) is 3.25. The number of amides is 1. The highest BCUT2D eigenvalue weighted by Crippen LogP contribution is 2.15. The highest BCUT2D eigenvalue weighted by Gasteiger charge is 2.28. The Morgan fingerprint density at radius 3 is 2.88 bits per heavy atom. The number of carbonyl (C=O) groups is 1. The molecule has 0 saturated heterocycles. The number of aryl methyl sites for hydroxylation is 1. The van der Waals surface area contributed by atoms with Crippen molar-refractivity contribution < 1.29 is 9.90 Å². The second-order valence-corrected chi connectivity index (χ2v) is 4.42. The van der Waals surface area contributed by atoms with Crippen molar-refractivity contribution in [3.63, 3.8) is 0 Å². The van der Waals surface area contributed by atoms with Gasteiger partial charge in [-0.25, -0.2) is 4.98 Å². The van der Waals surface area contributed by atoms with Crippen molar-refractivity contribution >= 4 is 27.5 Å². The predicted octanol–water partition coefficient (Wildman–Crippen LogP) is 1.35. The number of anilines is 1. The zero-order valence-electron chi connectivity index (χ0n) is 9.49. The van der Waals surface area contributed by atoms with Gasteiger partial charge in [0.1, 0.15) is 17.4 Å². The van der Waals surface area contributed by atoms with Crippen LogP contribution in [0.5, 0.6) is 0 Å². The molecule has 0 fully saturated rings. The molecule has 0 spiro atoms. The van der Waals surface area contributed by atoms with Crippen molar-refractivity contribution in [3.8, 4) is 6.07 Å². The van der Waals surface area contributed by atoms with E-state index >= 15 is 0 Å². The molecule has 5 nitrogen and oxygen atoms in total. The summed E-state index contributed by atoms with van der Waals surface area (Å²) in [7, 11) is 0. The van der Waals surface area contributed by atoms with Crippen molar-refractivity contribution in [3.05, 3.63) is 23.5 Å². The fourth-order valence-corrected chi connectivity index (χ4v) is 1.34. The molecule has 2 N–H and O–H groups in total. The summed E-state index contributed by atoms with van der Waals surface area (Å²) >= 11 is 3.05. The van der Waals surface area contributed by atoms with Gasteiger partial charge in [-0.3, -0.25) is 4.79 Å². The van der Waals surface area contributed by atoms with Crippen LogP contribution in [0.25, 0.3) is 0 Å². The Hall–Kier alpha value is -1.45. The lowest BCUT2D eigenvalue weighted by Gasteiger charge is -2.19. The number of aromatic nitrogens is 1. The minimum atomic E-state index is -1.48. The van der Waals surface area contributed by atoms with E-state index in [9.17, 15) is 9.90 Å². The Labute approximate surface area is 108 Å². The molecule has 1 aromatic rings. The van der Waals surface area contributed by atoms with Crippen LogP contribution in [0.2, 0.25) is 0 Å². The van der Waals surface area contributed by atoms with E-state index in [2.05, 4.69) is 26.2 Å². The summed E-state index contributed by atoms with van der Waals surface area (Å²) in [5, 5.41) is 21.1. The molecule has 1 atom stereocenters. The van der Waals surface area contributed by atoms with Crippen LogP contribution in [0, 0.1) is 18.3 Å². The van der Waals surface area contributed by atoms with Gasteiger partial charge in [-0.2, -0.15) is 5.26 Å². The number of carbonyl (C=O) groups excluding carboxylic acids is 1. The van der Waals surface area contributed by atoms with Crippen LogP contribution in [0.3, 0.4) is 0 Å². The first-order valence-electron chi connectivity index (χ1n) is 4.87. The van der Waals surface area contributed by atoms with Gasteiger partial charge in [0.05, 0.1) is 11.9 Å². The molecule has 0 aliphatic rings. The smallest absolute Gasteiger partial charge is 0.256 e. The molecule has 0 bridgehead atoms. The molecule has 0 saturated carbocycles. The summed E-state index contributed by atoms with van der Waals surface area (Å²) in [5.74, 6) is -0.528. The highest BCUT2D eigenvalue weighted by molar-refractivity contribution is 9.09. The standard InChI is InChI=1S/C11H12BrN3O2/c1-7-3-8(5-14-9(7)4-13)15-10(16)11(2,17)6-12/h3,5,17H,6H2,1-2H3,(H,15,16)/t11-/m0/s1. The van der Waals surface area contributed by atoms with E-state index in [0.717, 1.165) is 0 Å². The lowest BCUT2D eigenvalue weighted by Crippen LogP contribution is -2.41. The molecular formula is C11H12BrN3O2. The highest BCUT2D eigenvalue weighted by atomic mass is 79.9. The van der Waals surface area contributed by atoms with E-state index in [-0.39, 0.29) is 5.33 Å². The quantitative estimate of drug-likeness (QED) is 0.825. The Balaban J connectivity index is 2.88. The molecule has 0 aliphatic carbocycles.